The van der Waals surface area contributed by atoms with E-state index in [0.717, 1.165) is 16.9 Å². The quantitative estimate of drug-likeness (QED) is 0.706. The summed E-state index contributed by atoms with van der Waals surface area (Å²) in [5, 5.41) is 9.20. The van der Waals surface area contributed by atoms with Gasteiger partial charge in [0, 0.05) is 5.56 Å². The van der Waals surface area contributed by atoms with Gasteiger partial charge in [-0.1, -0.05) is 52.7 Å². The highest BCUT2D eigenvalue weighted by atomic mass is 35.5. The highest BCUT2D eigenvalue weighted by Gasteiger charge is 2.14. The Morgan fingerprint density at radius 3 is 2.21 bits per heavy atom. The van der Waals surface area contributed by atoms with Gasteiger partial charge in [-0.2, -0.15) is 0 Å². The van der Waals surface area contributed by atoms with E-state index >= 15 is 0 Å². The summed E-state index contributed by atoms with van der Waals surface area (Å²) >= 11 is 12.5. The highest BCUT2D eigenvalue weighted by molar-refractivity contribution is 6.39. The molecule has 0 radical (unpaired) electrons. The molecule has 0 N–H and O–H groups in total. The van der Waals surface area contributed by atoms with E-state index in [1.807, 2.05) is 36.4 Å². The summed E-state index contributed by atoms with van der Waals surface area (Å²) in [6.07, 6.45) is 1.65. The van der Waals surface area contributed by atoms with Crippen LogP contribution in [0.5, 0.6) is 0 Å². The van der Waals surface area contributed by atoms with Crippen molar-refractivity contribution in [1.29, 1.82) is 0 Å². The molecule has 0 aliphatic heterocycles. The van der Waals surface area contributed by atoms with E-state index in [0.29, 0.717) is 10.0 Å². The van der Waals surface area contributed by atoms with Crippen LogP contribution < -0.4 is 0 Å². The van der Waals surface area contributed by atoms with E-state index in [2.05, 4.69) is 10.3 Å². The predicted octanol–water partition coefficient (Wildman–Crippen LogP) is 4.24. The third-order valence-corrected chi connectivity index (χ3v) is 3.40. The van der Waals surface area contributed by atoms with Crippen LogP contribution in [0.2, 0.25) is 10.0 Å². The topological polar surface area (TPSA) is 30.7 Å². The van der Waals surface area contributed by atoms with Crippen LogP contribution in [-0.4, -0.2) is 15.0 Å². The summed E-state index contributed by atoms with van der Waals surface area (Å²) in [4.78, 5) is 0. The molecule has 5 heteroatoms. The summed E-state index contributed by atoms with van der Waals surface area (Å²) in [5.74, 6) is 0. The van der Waals surface area contributed by atoms with Crippen LogP contribution in [0.25, 0.3) is 16.9 Å². The first-order chi connectivity index (χ1) is 9.27. The zero-order valence-electron chi connectivity index (χ0n) is 9.79. The van der Waals surface area contributed by atoms with Gasteiger partial charge < -0.3 is 0 Å². The number of para-hydroxylation sites is 1. The van der Waals surface area contributed by atoms with E-state index in [9.17, 15) is 0 Å². The van der Waals surface area contributed by atoms with Crippen molar-refractivity contribution in [1.82, 2.24) is 15.0 Å². The van der Waals surface area contributed by atoms with Crippen LogP contribution in [0.4, 0.5) is 0 Å². The van der Waals surface area contributed by atoms with Crippen molar-refractivity contribution >= 4 is 23.2 Å². The Kier molecular flexibility index (Phi) is 3.23. The Morgan fingerprint density at radius 1 is 0.842 bits per heavy atom. The normalized spacial score (nSPS) is 10.6. The number of nitrogens with zero attached hydrogens (tertiary/aromatic N) is 3. The molecular formula is C14H9Cl2N3. The molecule has 1 aromatic heterocycles. The van der Waals surface area contributed by atoms with Gasteiger partial charge in [0.05, 0.1) is 27.6 Å². The summed E-state index contributed by atoms with van der Waals surface area (Å²) in [6.45, 7) is 0. The number of aromatic nitrogens is 3. The van der Waals surface area contributed by atoms with Crippen molar-refractivity contribution in [3.05, 3.63) is 64.8 Å². The standard InChI is InChI=1S/C14H9Cl2N3/c15-11-7-4-8-12(16)14(11)13-9-17-18-19(13)10-5-2-1-3-6-10/h1-9H. The summed E-state index contributed by atoms with van der Waals surface area (Å²) in [5.41, 5.74) is 2.41. The maximum Gasteiger partial charge on any atom is 0.0974 e. The zero-order valence-corrected chi connectivity index (χ0v) is 11.3. The van der Waals surface area contributed by atoms with Crippen LogP contribution in [-0.2, 0) is 0 Å². The summed E-state index contributed by atoms with van der Waals surface area (Å²) in [6, 6.07) is 15.1. The van der Waals surface area contributed by atoms with Crippen LogP contribution in [0.3, 0.4) is 0 Å². The Labute approximate surface area is 120 Å². The lowest BCUT2D eigenvalue weighted by molar-refractivity contribution is 0.808. The molecule has 0 aliphatic rings. The van der Waals surface area contributed by atoms with Gasteiger partial charge in [-0.15, -0.1) is 5.10 Å². The Bertz CT molecular complexity index is 687. The predicted molar refractivity (Wildman–Crippen MR) is 76.8 cm³/mol. The Hall–Kier alpha value is -1.84. The van der Waals surface area contributed by atoms with Gasteiger partial charge in [-0.25, -0.2) is 4.68 Å². The van der Waals surface area contributed by atoms with Crippen LogP contribution in [0.1, 0.15) is 0 Å². The van der Waals surface area contributed by atoms with Gasteiger partial charge in [-0.3, -0.25) is 0 Å². The molecule has 0 aliphatic carbocycles. The second-order valence-electron chi connectivity index (χ2n) is 3.96. The molecule has 1 heterocycles. The minimum Gasteiger partial charge on any atom is -0.213 e. The smallest absolute Gasteiger partial charge is 0.0974 e. The molecule has 0 saturated heterocycles. The fourth-order valence-electron chi connectivity index (χ4n) is 1.91. The van der Waals surface area contributed by atoms with Gasteiger partial charge in [0.25, 0.3) is 0 Å². The maximum atomic E-state index is 6.23. The van der Waals surface area contributed by atoms with Gasteiger partial charge in [0.1, 0.15) is 0 Å². The molecule has 3 nitrogen and oxygen atoms in total. The zero-order chi connectivity index (χ0) is 13.2. The molecular weight excluding hydrogens is 281 g/mol. The monoisotopic (exact) mass is 289 g/mol. The van der Waals surface area contributed by atoms with Crippen molar-refractivity contribution in [2.45, 2.75) is 0 Å². The molecule has 94 valence electrons. The van der Waals surface area contributed by atoms with E-state index in [-0.39, 0.29) is 0 Å². The first kappa shape index (κ1) is 12.2. The molecule has 0 fully saturated rings. The van der Waals surface area contributed by atoms with Crippen LogP contribution in [0, 0.1) is 0 Å². The van der Waals surface area contributed by atoms with Crippen molar-refractivity contribution < 1.29 is 0 Å². The number of benzene rings is 2. The fourth-order valence-corrected chi connectivity index (χ4v) is 2.50. The number of halogens is 2. The van der Waals surface area contributed by atoms with Gasteiger partial charge in [-0.05, 0) is 24.3 Å². The van der Waals surface area contributed by atoms with Crippen molar-refractivity contribution in [3.63, 3.8) is 0 Å². The molecule has 0 amide bonds. The maximum absolute atomic E-state index is 6.23. The minimum atomic E-state index is 0.576. The molecule has 0 saturated carbocycles. The minimum absolute atomic E-state index is 0.576. The lowest BCUT2D eigenvalue weighted by Crippen LogP contribution is -1.99. The van der Waals surface area contributed by atoms with Crippen molar-refractivity contribution in [2.75, 3.05) is 0 Å². The molecule has 0 bridgehead atoms. The van der Waals surface area contributed by atoms with Gasteiger partial charge in [0.15, 0.2) is 0 Å². The third-order valence-electron chi connectivity index (χ3n) is 2.77. The van der Waals surface area contributed by atoms with E-state index < -0.39 is 0 Å². The van der Waals surface area contributed by atoms with E-state index in [1.54, 1.807) is 23.0 Å². The lowest BCUT2D eigenvalue weighted by Gasteiger charge is -2.09. The SMILES string of the molecule is Clc1cccc(Cl)c1-c1cnnn1-c1ccccc1. The number of hydrogen-bond acceptors (Lipinski definition) is 2. The average Bonchev–Trinajstić information content (AvgIpc) is 2.89. The van der Waals surface area contributed by atoms with E-state index in [4.69, 9.17) is 23.2 Å². The van der Waals surface area contributed by atoms with Crippen LogP contribution >= 0.6 is 23.2 Å². The number of hydrogen-bond donors (Lipinski definition) is 0. The average molecular weight is 290 g/mol. The molecule has 19 heavy (non-hydrogen) atoms. The molecule has 3 rings (SSSR count). The molecule has 0 atom stereocenters. The Morgan fingerprint density at radius 2 is 1.53 bits per heavy atom. The largest absolute Gasteiger partial charge is 0.213 e. The van der Waals surface area contributed by atoms with Gasteiger partial charge >= 0.3 is 0 Å². The third kappa shape index (κ3) is 2.23. The second kappa shape index (κ2) is 5.03. The first-order valence-corrected chi connectivity index (χ1v) is 6.43. The van der Waals surface area contributed by atoms with Crippen molar-refractivity contribution in [3.8, 4) is 16.9 Å². The first-order valence-electron chi connectivity index (χ1n) is 5.68. The Balaban J connectivity index is 2.21. The van der Waals surface area contributed by atoms with Gasteiger partial charge in [0.2, 0.25) is 0 Å². The van der Waals surface area contributed by atoms with Crippen LogP contribution in [0.15, 0.2) is 54.7 Å². The fraction of sp³-hybridized carbons (Fsp3) is 0. The summed E-state index contributed by atoms with van der Waals surface area (Å²) in [7, 11) is 0. The molecule has 3 aromatic rings. The molecule has 2 aromatic carbocycles. The molecule has 0 unspecified atom stereocenters. The van der Waals surface area contributed by atoms with E-state index in [1.165, 1.54) is 0 Å². The number of rotatable bonds is 2. The van der Waals surface area contributed by atoms with Crippen molar-refractivity contribution in [2.24, 2.45) is 0 Å². The lowest BCUT2D eigenvalue weighted by atomic mass is 10.1. The second-order valence-corrected chi connectivity index (χ2v) is 4.78. The molecule has 0 spiro atoms. The summed E-state index contributed by atoms with van der Waals surface area (Å²) < 4.78 is 1.72. The highest BCUT2D eigenvalue weighted by Crippen LogP contribution is 2.34.